The van der Waals surface area contributed by atoms with E-state index in [0.717, 1.165) is 52.4 Å². The highest BCUT2D eigenvalue weighted by Crippen LogP contribution is 2.36. The van der Waals surface area contributed by atoms with Crippen molar-refractivity contribution in [3.05, 3.63) is 131 Å². The molecule has 0 radical (unpaired) electrons. The lowest BCUT2D eigenvalue weighted by molar-refractivity contribution is -0.136. The molecule has 6 rings (SSSR count). The van der Waals surface area contributed by atoms with Crippen LogP contribution in [0, 0.1) is 0 Å². The summed E-state index contributed by atoms with van der Waals surface area (Å²) in [6.45, 7) is 2.52. The van der Waals surface area contributed by atoms with Gasteiger partial charge in [-0.25, -0.2) is 0 Å². The van der Waals surface area contributed by atoms with Crippen molar-refractivity contribution in [1.29, 1.82) is 0 Å². The fourth-order valence-electron chi connectivity index (χ4n) is 5.45. The van der Waals surface area contributed by atoms with Crippen LogP contribution in [-0.2, 0) is 24.2 Å². The molecular formula is C34H31NO5. The number of hydrogen-bond acceptors (Lipinski definition) is 5. The third-order valence-corrected chi connectivity index (χ3v) is 7.38. The summed E-state index contributed by atoms with van der Waals surface area (Å²) in [6.07, 6.45) is 0.712. The number of aliphatic carboxylic acids is 1. The van der Waals surface area contributed by atoms with E-state index in [-0.39, 0.29) is 19.1 Å². The Morgan fingerprint density at radius 2 is 1.60 bits per heavy atom. The zero-order valence-corrected chi connectivity index (χ0v) is 22.2. The molecule has 202 valence electrons. The minimum absolute atomic E-state index is 0.00221. The van der Waals surface area contributed by atoms with E-state index in [2.05, 4.69) is 71.6 Å². The van der Waals surface area contributed by atoms with Crippen molar-refractivity contribution in [3.63, 3.8) is 0 Å². The van der Waals surface area contributed by atoms with Gasteiger partial charge < -0.3 is 19.0 Å². The van der Waals surface area contributed by atoms with E-state index in [1.807, 2.05) is 36.4 Å². The number of carboxylic acid groups (broad SMARTS) is 1. The number of furan rings is 1. The van der Waals surface area contributed by atoms with Crippen LogP contribution in [0.2, 0.25) is 0 Å². The van der Waals surface area contributed by atoms with E-state index in [0.29, 0.717) is 13.0 Å². The molecule has 0 saturated carbocycles. The number of carbonyl (C=O) groups is 1. The molecule has 0 saturated heterocycles. The van der Waals surface area contributed by atoms with Crippen LogP contribution < -0.4 is 9.47 Å². The van der Waals surface area contributed by atoms with Gasteiger partial charge in [0.25, 0.3) is 0 Å². The van der Waals surface area contributed by atoms with Gasteiger partial charge in [0.2, 0.25) is 6.79 Å². The van der Waals surface area contributed by atoms with E-state index >= 15 is 0 Å². The number of ether oxygens (including phenoxy) is 2. The highest BCUT2D eigenvalue weighted by Gasteiger charge is 2.23. The normalized spacial score (nSPS) is 12.4. The first-order chi connectivity index (χ1) is 19.6. The van der Waals surface area contributed by atoms with E-state index in [4.69, 9.17) is 19.0 Å². The number of rotatable bonds is 11. The summed E-state index contributed by atoms with van der Waals surface area (Å²) in [4.78, 5) is 13.6. The second kappa shape index (κ2) is 11.7. The van der Waals surface area contributed by atoms with Crippen molar-refractivity contribution >= 4 is 16.9 Å². The van der Waals surface area contributed by atoms with Gasteiger partial charge in [0, 0.05) is 42.9 Å². The molecule has 2 heterocycles. The van der Waals surface area contributed by atoms with Crippen LogP contribution in [0.25, 0.3) is 11.0 Å². The van der Waals surface area contributed by atoms with E-state index in [9.17, 15) is 4.79 Å². The summed E-state index contributed by atoms with van der Waals surface area (Å²) >= 11 is 0. The Balaban J connectivity index is 1.28. The lowest BCUT2D eigenvalue weighted by Crippen LogP contribution is -2.31. The predicted octanol–water partition coefficient (Wildman–Crippen LogP) is 6.67. The molecule has 5 aromatic rings. The molecule has 0 atom stereocenters. The molecule has 1 aromatic heterocycles. The van der Waals surface area contributed by atoms with Crippen molar-refractivity contribution in [2.24, 2.45) is 0 Å². The second-order valence-electron chi connectivity index (χ2n) is 10.2. The maximum atomic E-state index is 11.2. The molecule has 6 heteroatoms. The van der Waals surface area contributed by atoms with Crippen LogP contribution in [0.5, 0.6) is 11.5 Å². The third kappa shape index (κ3) is 5.87. The first kappa shape index (κ1) is 25.7. The van der Waals surface area contributed by atoms with Gasteiger partial charge in [-0.05, 0) is 41.0 Å². The Hall–Kier alpha value is -4.55. The number of para-hydroxylation sites is 1. The van der Waals surface area contributed by atoms with Crippen LogP contribution in [0.15, 0.2) is 108 Å². The first-order valence-corrected chi connectivity index (χ1v) is 13.6. The molecular weight excluding hydrogens is 502 g/mol. The Morgan fingerprint density at radius 3 is 2.33 bits per heavy atom. The minimum atomic E-state index is -0.841. The van der Waals surface area contributed by atoms with Gasteiger partial charge in [-0.3, -0.25) is 9.69 Å². The monoisotopic (exact) mass is 533 g/mol. The van der Waals surface area contributed by atoms with Crippen molar-refractivity contribution in [2.75, 3.05) is 19.9 Å². The minimum Gasteiger partial charge on any atom is -0.481 e. The van der Waals surface area contributed by atoms with Gasteiger partial charge in [-0.15, -0.1) is 0 Å². The van der Waals surface area contributed by atoms with Crippen molar-refractivity contribution in [1.82, 2.24) is 4.90 Å². The molecule has 6 nitrogen and oxygen atoms in total. The van der Waals surface area contributed by atoms with E-state index in [1.54, 1.807) is 0 Å². The molecule has 0 fully saturated rings. The Bertz CT molecular complexity index is 1560. The molecule has 1 N–H and O–H groups in total. The second-order valence-corrected chi connectivity index (χ2v) is 10.2. The van der Waals surface area contributed by atoms with Gasteiger partial charge >= 0.3 is 5.97 Å². The highest BCUT2D eigenvalue weighted by molar-refractivity contribution is 5.80. The third-order valence-electron chi connectivity index (χ3n) is 7.38. The van der Waals surface area contributed by atoms with Gasteiger partial charge in [0.1, 0.15) is 11.3 Å². The van der Waals surface area contributed by atoms with Crippen molar-refractivity contribution in [3.8, 4) is 11.5 Å². The summed E-state index contributed by atoms with van der Waals surface area (Å²) in [7, 11) is 0. The zero-order valence-electron chi connectivity index (χ0n) is 22.2. The summed E-state index contributed by atoms with van der Waals surface area (Å²) in [6, 6.07) is 34.9. The molecule has 40 heavy (non-hydrogen) atoms. The molecule has 4 aromatic carbocycles. The Morgan fingerprint density at radius 1 is 0.850 bits per heavy atom. The number of benzene rings is 4. The van der Waals surface area contributed by atoms with E-state index < -0.39 is 5.97 Å². The molecule has 1 aliphatic rings. The maximum absolute atomic E-state index is 11.2. The van der Waals surface area contributed by atoms with Gasteiger partial charge in [0.15, 0.2) is 11.5 Å². The largest absolute Gasteiger partial charge is 0.481 e. The first-order valence-electron chi connectivity index (χ1n) is 13.6. The summed E-state index contributed by atoms with van der Waals surface area (Å²) in [5, 5.41) is 10.1. The van der Waals surface area contributed by atoms with Gasteiger partial charge in [-0.2, -0.15) is 0 Å². The summed E-state index contributed by atoms with van der Waals surface area (Å²) < 4.78 is 17.6. The fraction of sp³-hybridized carbons (Fsp3) is 0.206. The topological polar surface area (TPSA) is 72.1 Å². The van der Waals surface area contributed by atoms with E-state index in [1.165, 1.54) is 11.1 Å². The average molecular weight is 534 g/mol. The van der Waals surface area contributed by atoms with Gasteiger partial charge in [-0.1, -0.05) is 78.9 Å². The molecule has 0 aliphatic carbocycles. The van der Waals surface area contributed by atoms with Crippen LogP contribution in [0.3, 0.4) is 0 Å². The molecule has 0 spiro atoms. The molecule has 0 unspecified atom stereocenters. The number of hydrogen-bond donors (Lipinski definition) is 1. The molecule has 1 aliphatic heterocycles. The van der Waals surface area contributed by atoms with Crippen LogP contribution >= 0.6 is 0 Å². The SMILES string of the molecule is O=C(O)Cc1ccc2oc(CCN(Cc3cccc4c3OCO4)CC(c3ccccc3)c3ccccc3)cc2c1. The van der Waals surface area contributed by atoms with Crippen molar-refractivity contribution in [2.45, 2.75) is 25.3 Å². The number of nitrogens with zero attached hydrogens (tertiary/aromatic N) is 1. The Labute approximate surface area is 233 Å². The lowest BCUT2D eigenvalue weighted by Gasteiger charge is -2.28. The average Bonchev–Trinajstić information content (AvgIpc) is 3.62. The fourth-order valence-corrected chi connectivity index (χ4v) is 5.45. The van der Waals surface area contributed by atoms with Gasteiger partial charge in [0.05, 0.1) is 6.42 Å². The standard InChI is InChI=1S/C34H31NO5/c36-33(37)19-24-14-15-31-28(18-24)20-29(40-31)16-17-35(21-27-12-7-13-32-34(27)39-23-38-32)22-30(25-8-3-1-4-9-25)26-10-5-2-6-11-26/h1-15,18,20,30H,16-17,19,21-23H2,(H,36,37). The maximum Gasteiger partial charge on any atom is 0.307 e. The number of carboxylic acids is 1. The predicted molar refractivity (Wildman–Crippen MR) is 154 cm³/mol. The quantitative estimate of drug-likeness (QED) is 0.205. The van der Waals surface area contributed by atoms with Crippen molar-refractivity contribution < 1.29 is 23.8 Å². The lowest BCUT2D eigenvalue weighted by atomic mass is 9.90. The summed E-state index contributed by atoms with van der Waals surface area (Å²) in [5.41, 5.74) is 5.17. The molecule has 0 bridgehead atoms. The van der Waals surface area contributed by atoms with Crippen LogP contribution in [0.4, 0.5) is 0 Å². The Kier molecular flexibility index (Phi) is 7.51. The van der Waals surface area contributed by atoms with Crippen LogP contribution in [-0.4, -0.2) is 35.9 Å². The highest BCUT2D eigenvalue weighted by atomic mass is 16.7. The smallest absolute Gasteiger partial charge is 0.307 e. The number of fused-ring (bicyclic) bond motifs is 2. The summed E-state index contributed by atoms with van der Waals surface area (Å²) in [5.74, 6) is 1.83. The van der Waals surface area contributed by atoms with Crippen LogP contribution in [0.1, 0.15) is 33.9 Å². The zero-order chi connectivity index (χ0) is 27.3. The molecule has 0 amide bonds.